The van der Waals surface area contributed by atoms with Crippen LogP contribution in [0.1, 0.15) is 6.42 Å². The number of thiol groups is 1. The number of anilines is 1. The first-order valence-corrected chi connectivity index (χ1v) is 6.04. The second-order valence-corrected chi connectivity index (χ2v) is 4.42. The van der Waals surface area contributed by atoms with Crippen molar-refractivity contribution >= 4 is 24.2 Å². The van der Waals surface area contributed by atoms with Crippen LogP contribution < -0.4 is 9.64 Å². The first-order chi connectivity index (χ1) is 8.17. The van der Waals surface area contributed by atoms with Gasteiger partial charge in [0.25, 0.3) is 0 Å². The number of nitrogens with zero attached hydrogens (tertiary/aromatic N) is 1. The van der Waals surface area contributed by atoms with Crippen LogP contribution >= 0.6 is 12.6 Å². The monoisotopic (exact) mass is 255 g/mol. The largest absolute Gasteiger partial charge is 0.494 e. The third kappa shape index (κ3) is 2.24. The number of carbonyl (C=O) groups is 1. The van der Waals surface area contributed by atoms with Gasteiger partial charge in [-0.1, -0.05) is 6.07 Å². The first kappa shape index (κ1) is 12.2. The van der Waals surface area contributed by atoms with Gasteiger partial charge in [-0.2, -0.15) is 12.6 Å². The lowest BCUT2D eigenvalue weighted by Gasteiger charge is -2.18. The fourth-order valence-electron chi connectivity index (χ4n) is 2.00. The van der Waals surface area contributed by atoms with Gasteiger partial charge in [-0.3, -0.25) is 4.79 Å². The van der Waals surface area contributed by atoms with Gasteiger partial charge in [0.15, 0.2) is 11.6 Å². The zero-order valence-electron chi connectivity index (χ0n) is 9.52. The minimum atomic E-state index is -0.483. The van der Waals surface area contributed by atoms with Crippen LogP contribution in [0, 0.1) is 11.7 Å². The SMILES string of the molecule is COc1cccc(N2CC(CS)CC2=O)c1F. The van der Waals surface area contributed by atoms with E-state index in [1.54, 1.807) is 12.1 Å². The lowest BCUT2D eigenvalue weighted by Crippen LogP contribution is -2.25. The topological polar surface area (TPSA) is 29.5 Å². The van der Waals surface area contributed by atoms with Gasteiger partial charge in [0, 0.05) is 13.0 Å². The third-order valence-electron chi connectivity index (χ3n) is 2.92. The molecule has 0 saturated carbocycles. The highest BCUT2D eigenvalue weighted by Gasteiger charge is 2.31. The molecule has 1 aromatic carbocycles. The Hall–Kier alpha value is -1.23. The molecular weight excluding hydrogens is 241 g/mol. The summed E-state index contributed by atoms with van der Waals surface area (Å²) in [7, 11) is 1.41. The lowest BCUT2D eigenvalue weighted by atomic mass is 10.1. The van der Waals surface area contributed by atoms with Crippen molar-refractivity contribution in [1.82, 2.24) is 0 Å². The van der Waals surface area contributed by atoms with Crippen LogP contribution in [0.2, 0.25) is 0 Å². The highest BCUT2D eigenvalue weighted by atomic mass is 32.1. The van der Waals surface area contributed by atoms with Crippen molar-refractivity contribution in [3.63, 3.8) is 0 Å². The molecule has 0 N–H and O–H groups in total. The minimum Gasteiger partial charge on any atom is -0.494 e. The van der Waals surface area contributed by atoms with Crippen molar-refractivity contribution in [3.05, 3.63) is 24.0 Å². The minimum absolute atomic E-state index is 0.0591. The normalized spacial score (nSPS) is 19.8. The van der Waals surface area contributed by atoms with Crippen molar-refractivity contribution in [2.45, 2.75) is 6.42 Å². The van der Waals surface area contributed by atoms with Crippen LogP contribution in [-0.2, 0) is 4.79 Å². The predicted octanol–water partition coefficient (Wildman–Crippen LogP) is 2.12. The van der Waals surface area contributed by atoms with E-state index in [2.05, 4.69) is 12.6 Å². The summed E-state index contributed by atoms with van der Waals surface area (Å²) < 4.78 is 18.9. The Balaban J connectivity index is 2.32. The maximum Gasteiger partial charge on any atom is 0.227 e. The molecule has 5 heteroatoms. The van der Waals surface area contributed by atoms with E-state index in [0.29, 0.717) is 24.4 Å². The van der Waals surface area contributed by atoms with Crippen molar-refractivity contribution in [2.24, 2.45) is 5.92 Å². The molecule has 1 aliphatic rings. The van der Waals surface area contributed by atoms with E-state index in [1.807, 2.05) is 0 Å². The molecule has 0 radical (unpaired) electrons. The summed E-state index contributed by atoms with van der Waals surface area (Å²) in [4.78, 5) is 13.3. The van der Waals surface area contributed by atoms with Crippen molar-refractivity contribution in [2.75, 3.05) is 24.3 Å². The van der Waals surface area contributed by atoms with E-state index in [9.17, 15) is 9.18 Å². The van der Waals surface area contributed by atoms with Crippen LogP contribution in [0.4, 0.5) is 10.1 Å². The summed E-state index contributed by atoms with van der Waals surface area (Å²) in [5.74, 6) is 0.439. The smallest absolute Gasteiger partial charge is 0.227 e. The molecule has 92 valence electrons. The number of amides is 1. The Labute approximate surface area is 105 Å². The van der Waals surface area contributed by atoms with Gasteiger partial charge in [0.1, 0.15) is 0 Å². The maximum atomic E-state index is 14.0. The zero-order valence-corrected chi connectivity index (χ0v) is 10.4. The summed E-state index contributed by atoms with van der Waals surface area (Å²) in [5.41, 5.74) is 0.290. The highest BCUT2D eigenvalue weighted by molar-refractivity contribution is 7.80. The Morgan fingerprint density at radius 1 is 1.59 bits per heavy atom. The predicted molar refractivity (Wildman–Crippen MR) is 67.3 cm³/mol. The number of rotatable bonds is 3. The van der Waals surface area contributed by atoms with Gasteiger partial charge >= 0.3 is 0 Å². The van der Waals surface area contributed by atoms with Gasteiger partial charge in [0.2, 0.25) is 5.91 Å². The highest BCUT2D eigenvalue weighted by Crippen LogP contribution is 2.31. The molecule has 0 bridgehead atoms. The van der Waals surface area contributed by atoms with E-state index in [1.165, 1.54) is 18.1 Å². The van der Waals surface area contributed by atoms with Gasteiger partial charge in [-0.25, -0.2) is 4.39 Å². The number of halogens is 1. The average molecular weight is 255 g/mol. The van der Waals surface area contributed by atoms with Crippen molar-refractivity contribution in [3.8, 4) is 5.75 Å². The summed E-state index contributed by atoms with van der Waals surface area (Å²) >= 11 is 4.18. The number of hydrogen-bond donors (Lipinski definition) is 1. The van der Waals surface area contributed by atoms with Gasteiger partial charge in [-0.05, 0) is 23.8 Å². The molecule has 1 amide bonds. The van der Waals surface area contributed by atoms with Crippen LogP contribution in [0.5, 0.6) is 5.75 Å². The summed E-state index contributed by atoms with van der Waals surface area (Å²) in [5, 5.41) is 0. The number of benzene rings is 1. The molecule has 0 aliphatic carbocycles. The van der Waals surface area contributed by atoms with E-state index in [0.717, 1.165) is 0 Å². The van der Waals surface area contributed by atoms with Crippen LogP contribution in [0.25, 0.3) is 0 Å². The summed E-state index contributed by atoms with van der Waals surface area (Å²) in [6.45, 7) is 0.520. The molecule has 17 heavy (non-hydrogen) atoms. The Morgan fingerprint density at radius 2 is 2.35 bits per heavy atom. The number of ether oxygens (including phenoxy) is 1. The molecule has 1 heterocycles. The molecule has 0 aromatic heterocycles. The number of hydrogen-bond acceptors (Lipinski definition) is 3. The van der Waals surface area contributed by atoms with Crippen molar-refractivity contribution in [1.29, 1.82) is 0 Å². The molecule has 1 fully saturated rings. The molecule has 2 rings (SSSR count). The first-order valence-electron chi connectivity index (χ1n) is 5.41. The molecular formula is C12H14FNO2S. The quantitative estimate of drug-likeness (QED) is 0.838. The fourth-order valence-corrected chi connectivity index (χ4v) is 2.25. The molecule has 1 atom stereocenters. The van der Waals surface area contributed by atoms with Crippen LogP contribution in [0.3, 0.4) is 0 Å². The summed E-state index contributed by atoms with van der Waals surface area (Å²) in [6.07, 6.45) is 0.431. The fraction of sp³-hybridized carbons (Fsp3) is 0.417. The Kier molecular flexibility index (Phi) is 3.57. The van der Waals surface area contributed by atoms with E-state index in [-0.39, 0.29) is 17.6 Å². The van der Waals surface area contributed by atoms with E-state index in [4.69, 9.17) is 4.74 Å². The standard InChI is InChI=1S/C12H14FNO2S/c1-16-10-4-2-3-9(12(10)13)14-6-8(7-17)5-11(14)15/h2-4,8,17H,5-7H2,1H3. The van der Waals surface area contributed by atoms with Crippen LogP contribution in [0.15, 0.2) is 18.2 Å². The molecule has 0 spiro atoms. The second-order valence-electron chi connectivity index (χ2n) is 4.05. The Bertz CT molecular complexity index is 439. The molecule has 1 aliphatic heterocycles. The zero-order chi connectivity index (χ0) is 12.4. The lowest BCUT2D eigenvalue weighted by molar-refractivity contribution is -0.117. The molecule has 1 saturated heterocycles. The van der Waals surface area contributed by atoms with E-state index < -0.39 is 5.82 Å². The van der Waals surface area contributed by atoms with Gasteiger partial charge in [0.05, 0.1) is 12.8 Å². The number of methoxy groups -OCH3 is 1. The molecule has 1 unspecified atom stereocenters. The molecule has 1 aromatic rings. The third-order valence-corrected chi connectivity index (χ3v) is 3.43. The Morgan fingerprint density at radius 3 is 2.94 bits per heavy atom. The van der Waals surface area contributed by atoms with Gasteiger partial charge < -0.3 is 9.64 Å². The van der Waals surface area contributed by atoms with E-state index >= 15 is 0 Å². The number of carbonyl (C=O) groups excluding carboxylic acids is 1. The second kappa shape index (κ2) is 4.96. The maximum absolute atomic E-state index is 14.0. The molecule has 3 nitrogen and oxygen atoms in total. The van der Waals surface area contributed by atoms with Crippen LogP contribution in [-0.4, -0.2) is 25.3 Å². The summed E-state index contributed by atoms with van der Waals surface area (Å²) in [6, 6.07) is 4.81. The van der Waals surface area contributed by atoms with Crippen molar-refractivity contribution < 1.29 is 13.9 Å². The average Bonchev–Trinajstić information content (AvgIpc) is 2.71. The van der Waals surface area contributed by atoms with Gasteiger partial charge in [-0.15, -0.1) is 0 Å².